The van der Waals surface area contributed by atoms with Gasteiger partial charge in [0.25, 0.3) is 0 Å². The minimum absolute atomic E-state index is 0.867. The van der Waals surface area contributed by atoms with Crippen molar-refractivity contribution < 1.29 is 0 Å². The summed E-state index contributed by atoms with van der Waals surface area (Å²) in [5.74, 6) is 0.867. The molecule has 0 aliphatic heterocycles. The predicted octanol–water partition coefficient (Wildman–Crippen LogP) is 2.19. The first kappa shape index (κ1) is 8.94. The standard InChI is InChI=1S/C11H13N3/c1-8-4-5-11(12-6-8)14-7-9(2)10(3)13-14/h4-7H,1-3H3. The van der Waals surface area contributed by atoms with Crippen molar-refractivity contribution in [2.24, 2.45) is 0 Å². The number of aromatic nitrogens is 3. The molecule has 3 heteroatoms. The molecule has 2 aromatic rings. The SMILES string of the molecule is Cc1ccc(-n2cc(C)c(C)n2)nc1. The second-order valence-corrected chi connectivity index (χ2v) is 3.54. The Morgan fingerprint density at radius 2 is 1.93 bits per heavy atom. The Morgan fingerprint density at radius 1 is 1.14 bits per heavy atom. The summed E-state index contributed by atoms with van der Waals surface area (Å²) in [6.45, 7) is 6.07. The van der Waals surface area contributed by atoms with Gasteiger partial charge in [-0.15, -0.1) is 0 Å². The highest BCUT2D eigenvalue weighted by Crippen LogP contribution is 2.08. The number of nitrogens with zero attached hydrogens (tertiary/aromatic N) is 3. The summed E-state index contributed by atoms with van der Waals surface area (Å²) >= 11 is 0. The zero-order valence-corrected chi connectivity index (χ0v) is 8.65. The Labute approximate surface area is 83.4 Å². The highest BCUT2D eigenvalue weighted by atomic mass is 15.3. The summed E-state index contributed by atoms with van der Waals surface area (Å²) in [5.41, 5.74) is 3.40. The van der Waals surface area contributed by atoms with Crippen LogP contribution in [0.4, 0.5) is 0 Å². The number of pyridine rings is 1. The van der Waals surface area contributed by atoms with Gasteiger partial charge in [-0.25, -0.2) is 9.67 Å². The van der Waals surface area contributed by atoms with Gasteiger partial charge in [0.1, 0.15) is 0 Å². The fourth-order valence-electron chi connectivity index (χ4n) is 1.26. The minimum atomic E-state index is 0.867. The van der Waals surface area contributed by atoms with Crippen LogP contribution in [0.1, 0.15) is 16.8 Å². The number of hydrogen-bond donors (Lipinski definition) is 0. The molecule has 0 saturated carbocycles. The first-order chi connectivity index (χ1) is 6.66. The molecule has 0 aliphatic carbocycles. The van der Waals surface area contributed by atoms with Crippen LogP contribution in [0.15, 0.2) is 24.5 Å². The molecule has 0 radical (unpaired) electrons. The van der Waals surface area contributed by atoms with Crippen LogP contribution in [0.5, 0.6) is 0 Å². The van der Waals surface area contributed by atoms with Crippen molar-refractivity contribution in [2.75, 3.05) is 0 Å². The van der Waals surface area contributed by atoms with Gasteiger partial charge in [-0.2, -0.15) is 5.10 Å². The number of hydrogen-bond acceptors (Lipinski definition) is 2. The molecule has 0 atom stereocenters. The summed E-state index contributed by atoms with van der Waals surface area (Å²) in [6.07, 6.45) is 3.84. The molecule has 3 nitrogen and oxygen atoms in total. The van der Waals surface area contributed by atoms with E-state index in [0.29, 0.717) is 0 Å². The highest BCUT2D eigenvalue weighted by molar-refractivity contribution is 5.26. The van der Waals surface area contributed by atoms with Crippen molar-refractivity contribution in [1.82, 2.24) is 14.8 Å². The van der Waals surface area contributed by atoms with Crippen molar-refractivity contribution in [1.29, 1.82) is 0 Å². The molecular weight excluding hydrogens is 174 g/mol. The second-order valence-electron chi connectivity index (χ2n) is 3.54. The van der Waals surface area contributed by atoms with Crippen LogP contribution in [0.3, 0.4) is 0 Å². The van der Waals surface area contributed by atoms with E-state index in [1.807, 2.05) is 50.0 Å². The molecule has 2 rings (SSSR count). The monoisotopic (exact) mass is 187 g/mol. The zero-order chi connectivity index (χ0) is 10.1. The molecule has 0 saturated heterocycles. The molecule has 2 heterocycles. The molecule has 0 unspecified atom stereocenters. The summed E-state index contributed by atoms with van der Waals surface area (Å²) in [5, 5.41) is 4.36. The van der Waals surface area contributed by atoms with E-state index in [1.165, 1.54) is 5.56 Å². The molecule has 14 heavy (non-hydrogen) atoms. The van der Waals surface area contributed by atoms with E-state index >= 15 is 0 Å². The van der Waals surface area contributed by atoms with Crippen LogP contribution >= 0.6 is 0 Å². The predicted molar refractivity (Wildman–Crippen MR) is 55.6 cm³/mol. The van der Waals surface area contributed by atoms with E-state index in [9.17, 15) is 0 Å². The molecule has 0 aromatic carbocycles. The van der Waals surface area contributed by atoms with Crippen molar-refractivity contribution in [3.8, 4) is 5.82 Å². The molecule has 0 aliphatic rings. The third kappa shape index (κ3) is 1.53. The molecule has 0 spiro atoms. The van der Waals surface area contributed by atoms with Crippen LogP contribution in [-0.4, -0.2) is 14.8 Å². The van der Waals surface area contributed by atoms with Gasteiger partial charge in [0, 0.05) is 12.4 Å². The molecular formula is C11H13N3. The third-order valence-corrected chi connectivity index (χ3v) is 2.27. The molecule has 0 amide bonds. The number of aryl methyl sites for hydroxylation is 3. The smallest absolute Gasteiger partial charge is 0.153 e. The molecule has 0 bridgehead atoms. The largest absolute Gasteiger partial charge is 0.237 e. The average molecular weight is 187 g/mol. The van der Waals surface area contributed by atoms with Crippen LogP contribution in [0.25, 0.3) is 5.82 Å². The van der Waals surface area contributed by atoms with E-state index in [1.54, 1.807) is 0 Å². The van der Waals surface area contributed by atoms with E-state index in [2.05, 4.69) is 10.1 Å². The Balaban J connectivity index is 2.44. The van der Waals surface area contributed by atoms with Gasteiger partial charge in [0.05, 0.1) is 5.69 Å². The molecule has 72 valence electrons. The summed E-state index contributed by atoms with van der Waals surface area (Å²) < 4.78 is 1.81. The average Bonchev–Trinajstić information content (AvgIpc) is 2.48. The van der Waals surface area contributed by atoms with E-state index in [4.69, 9.17) is 0 Å². The lowest BCUT2D eigenvalue weighted by Crippen LogP contribution is -1.97. The van der Waals surface area contributed by atoms with Crippen LogP contribution in [0.2, 0.25) is 0 Å². The normalized spacial score (nSPS) is 10.5. The lowest BCUT2D eigenvalue weighted by atomic mass is 10.3. The Hall–Kier alpha value is -1.64. The molecule has 2 aromatic heterocycles. The third-order valence-electron chi connectivity index (χ3n) is 2.27. The van der Waals surface area contributed by atoms with Crippen molar-refractivity contribution in [3.63, 3.8) is 0 Å². The maximum absolute atomic E-state index is 4.36. The fourth-order valence-corrected chi connectivity index (χ4v) is 1.26. The van der Waals surface area contributed by atoms with Gasteiger partial charge in [-0.3, -0.25) is 0 Å². The van der Waals surface area contributed by atoms with Crippen LogP contribution in [0, 0.1) is 20.8 Å². The van der Waals surface area contributed by atoms with Crippen molar-refractivity contribution in [3.05, 3.63) is 41.3 Å². The van der Waals surface area contributed by atoms with Crippen molar-refractivity contribution in [2.45, 2.75) is 20.8 Å². The molecule has 0 fully saturated rings. The minimum Gasteiger partial charge on any atom is -0.237 e. The topological polar surface area (TPSA) is 30.7 Å². The van der Waals surface area contributed by atoms with Crippen LogP contribution in [-0.2, 0) is 0 Å². The van der Waals surface area contributed by atoms with E-state index in [0.717, 1.165) is 17.1 Å². The lowest BCUT2D eigenvalue weighted by molar-refractivity contribution is 0.831. The maximum Gasteiger partial charge on any atom is 0.153 e. The fraction of sp³-hybridized carbons (Fsp3) is 0.273. The lowest BCUT2D eigenvalue weighted by Gasteiger charge is -1.99. The first-order valence-corrected chi connectivity index (χ1v) is 4.63. The van der Waals surface area contributed by atoms with E-state index in [-0.39, 0.29) is 0 Å². The summed E-state index contributed by atoms with van der Waals surface area (Å²) in [7, 11) is 0. The Bertz CT molecular complexity index is 421. The highest BCUT2D eigenvalue weighted by Gasteiger charge is 2.02. The Morgan fingerprint density at radius 3 is 2.43 bits per heavy atom. The van der Waals surface area contributed by atoms with Gasteiger partial charge >= 0.3 is 0 Å². The van der Waals surface area contributed by atoms with Crippen molar-refractivity contribution >= 4 is 0 Å². The maximum atomic E-state index is 4.36. The summed E-state index contributed by atoms with van der Waals surface area (Å²) in [6, 6.07) is 4.01. The van der Waals surface area contributed by atoms with Gasteiger partial charge in [0.2, 0.25) is 0 Å². The Kier molecular flexibility index (Phi) is 2.08. The molecule has 0 N–H and O–H groups in total. The van der Waals surface area contributed by atoms with E-state index < -0.39 is 0 Å². The summed E-state index contributed by atoms with van der Waals surface area (Å²) in [4.78, 5) is 4.30. The number of rotatable bonds is 1. The van der Waals surface area contributed by atoms with Gasteiger partial charge in [-0.1, -0.05) is 6.07 Å². The second kappa shape index (κ2) is 3.25. The van der Waals surface area contributed by atoms with Gasteiger partial charge in [-0.05, 0) is 38.0 Å². The van der Waals surface area contributed by atoms with Gasteiger partial charge < -0.3 is 0 Å². The van der Waals surface area contributed by atoms with Gasteiger partial charge in [0.15, 0.2) is 5.82 Å². The van der Waals surface area contributed by atoms with Crippen LogP contribution < -0.4 is 0 Å². The quantitative estimate of drug-likeness (QED) is 0.685. The zero-order valence-electron chi connectivity index (χ0n) is 8.65. The first-order valence-electron chi connectivity index (χ1n) is 4.63.